The lowest BCUT2D eigenvalue weighted by Gasteiger charge is -2.13. The van der Waals surface area contributed by atoms with Gasteiger partial charge in [0.25, 0.3) is 5.56 Å². The Kier molecular flexibility index (Phi) is 6.40. The van der Waals surface area contributed by atoms with Crippen molar-refractivity contribution in [2.45, 2.75) is 31.7 Å². The predicted octanol–water partition coefficient (Wildman–Crippen LogP) is 0.878. The minimum atomic E-state index is -0.669. The smallest absolute Gasteiger partial charge is 0.333 e. The number of hydrogen-bond donors (Lipinski definition) is 2. The van der Waals surface area contributed by atoms with Gasteiger partial charge < -0.3 is 10.1 Å². The van der Waals surface area contributed by atoms with Crippen molar-refractivity contribution >= 4 is 39.8 Å². The summed E-state index contributed by atoms with van der Waals surface area (Å²) >= 11 is 1.19. The number of ether oxygens (including phenoxy) is 1. The molecule has 0 spiro atoms. The molecule has 0 radical (unpaired) electrons. The second-order valence-corrected chi connectivity index (χ2v) is 8.60. The van der Waals surface area contributed by atoms with Gasteiger partial charge in [-0.25, -0.2) is 14.3 Å². The second kappa shape index (κ2) is 9.41. The molecule has 0 aliphatic carbocycles. The minimum absolute atomic E-state index is 0.138. The number of esters is 1. The number of hydrogen-bond acceptors (Lipinski definition) is 8. The van der Waals surface area contributed by atoms with Crippen molar-refractivity contribution in [3.63, 3.8) is 0 Å². The molecule has 2 N–H and O–H groups in total. The van der Waals surface area contributed by atoms with Gasteiger partial charge in [-0.15, -0.1) is 0 Å². The monoisotopic (exact) mass is 467 g/mol. The third-order valence-corrected chi connectivity index (χ3v) is 6.15. The van der Waals surface area contributed by atoms with Crippen LogP contribution in [0.2, 0.25) is 0 Å². The molecule has 1 aliphatic rings. The van der Waals surface area contributed by atoms with Gasteiger partial charge in [0.2, 0.25) is 5.91 Å². The molecule has 170 valence electrons. The van der Waals surface area contributed by atoms with Gasteiger partial charge in [-0.2, -0.15) is 0 Å². The highest BCUT2D eigenvalue weighted by Gasteiger charge is 2.29. The number of amidine groups is 1. The molecule has 1 atom stereocenters. The maximum atomic E-state index is 13.1. The standard InChI is InChI=1S/C22H21N5O5S/c1-2-32-17(28)12-27-20(30)15-4-3-9-24-18(15)26(22(27)31)11-14-7-5-13(6-8-14)10-16-19(29)25-21(23)33-16/h3-9,16H,2,10-12H2,1H3,(H2,23,25,29). The van der Waals surface area contributed by atoms with Crippen molar-refractivity contribution in [2.75, 3.05) is 6.61 Å². The maximum Gasteiger partial charge on any atom is 0.333 e. The van der Waals surface area contributed by atoms with Crippen LogP contribution in [-0.4, -0.2) is 43.0 Å². The van der Waals surface area contributed by atoms with Gasteiger partial charge in [0.1, 0.15) is 12.2 Å². The van der Waals surface area contributed by atoms with E-state index in [0.717, 1.165) is 15.7 Å². The number of nitrogens with one attached hydrogen (secondary N) is 2. The van der Waals surface area contributed by atoms with Gasteiger partial charge in [0.05, 0.1) is 23.8 Å². The third-order valence-electron chi connectivity index (χ3n) is 5.15. The van der Waals surface area contributed by atoms with Crippen molar-refractivity contribution < 1.29 is 14.3 Å². The summed E-state index contributed by atoms with van der Waals surface area (Å²) in [6.45, 7) is 1.45. The number of carbonyl (C=O) groups excluding carboxylic acids is 2. The first kappa shape index (κ1) is 22.5. The SMILES string of the molecule is CCOC(=O)Cn1c(=O)c2cccnc2n(Cc2ccc(CC3SC(=N)NC3=O)cc2)c1=O. The van der Waals surface area contributed by atoms with E-state index in [2.05, 4.69) is 10.3 Å². The average Bonchev–Trinajstić information content (AvgIpc) is 3.12. The van der Waals surface area contributed by atoms with E-state index >= 15 is 0 Å². The summed E-state index contributed by atoms with van der Waals surface area (Å²) in [5.74, 6) is -0.847. The maximum absolute atomic E-state index is 13.1. The largest absolute Gasteiger partial charge is 0.465 e. The summed E-state index contributed by atoms with van der Waals surface area (Å²) < 4.78 is 7.12. The van der Waals surface area contributed by atoms with Crippen LogP contribution in [0.25, 0.3) is 11.0 Å². The average molecular weight is 468 g/mol. The van der Waals surface area contributed by atoms with Crippen LogP contribution in [0.4, 0.5) is 0 Å². The molecule has 1 fully saturated rings. The first-order valence-corrected chi connectivity index (χ1v) is 11.1. The highest BCUT2D eigenvalue weighted by Crippen LogP contribution is 2.22. The van der Waals surface area contributed by atoms with Crippen LogP contribution in [0.15, 0.2) is 52.2 Å². The van der Waals surface area contributed by atoms with Crippen LogP contribution in [0, 0.1) is 5.41 Å². The molecular formula is C22H21N5O5S. The first-order chi connectivity index (χ1) is 15.9. The van der Waals surface area contributed by atoms with Gasteiger partial charge in [0, 0.05) is 6.20 Å². The van der Waals surface area contributed by atoms with E-state index < -0.39 is 23.8 Å². The minimum Gasteiger partial charge on any atom is -0.465 e. The van der Waals surface area contributed by atoms with E-state index in [1.54, 1.807) is 19.1 Å². The Morgan fingerprint density at radius 2 is 1.88 bits per heavy atom. The fourth-order valence-electron chi connectivity index (χ4n) is 3.59. The van der Waals surface area contributed by atoms with E-state index in [4.69, 9.17) is 10.1 Å². The van der Waals surface area contributed by atoms with Crippen molar-refractivity contribution in [1.29, 1.82) is 5.41 Å². The van der Waals surface area contributed by atoms with Crippen LogP contribution < -0.4 is 16.6 Å². The summed E-state index contributed by atoms with van der Waals surface area (Å²) in [6.07, 6.45) is 1.98. The summed E-state index contributed by atoms with van der Waals surface area (Å²) in [5, 5.41) is 10.1. The fraction of sp³-hybridized carbons (Fsp3) is 0.273. The van der Waals surface area contributed by atoms with Gasteiger partial charge in [0.15, 0.2) is 5.17 Å². The third kappa shape index (κ3) is 4.72. The van der Waals surface area contributed by atoms with Gasteiger partial charge in [-0.05, 0) is 36.6 Å². The summed E-state index contributed by atoms with van der Waals surface area (Å²) in [5.41, 5.74) is 0.685. The molecule has 1 saturated heterocycles. The molecular weight excluding hydrogens is 446 g/mol. The Labute approximate surface area is 192 Å². The number of aromatic nitrogens is 3. The van der Waals surface area contributed by atoms with Crippen LogP contribution in [0.1, 0.15) is 18.1 Å². The fourth-order valence-corrected chi connectivity index (χ4v) is 4.48. The molecule has 0 bridgehead atoms. The molecule has 1 aromatic carbocycles. The van der Waals surface area contributed by atoms with Crippen molar-refractivity contribution in [3.05, 3.63) is 74.6 Å². The molecule has 3 heterocycles. The quantitative estimate of drug-likeness (QED) is 0.492. The molecule has 33 heavy (non-hydrogen) atoms. The van der Waals surface area contributed by atoms with Crippen molar-refractivity contribution in [2.24, 2.45) is 0 Å². The number of thioether (sulfide) groups is 1. The topological polar surface area (TPSA) is 136 Å². The first-order valence-electron chi connectivity index (χ1n) is 10.2. The Bertz CT molecular complexity index is 1360. The molecule has 1 aliphatic heterocycles. The van der Waals surface area contributed by atoms with E-state index in [9.17, 15) is 19.2 Å². The van der Waals surface area contributed by atoms with Crippen LogP contribution in [0.5, 0.6) is 0 Å². The number of nitrogens with zero attached hydrogens (tertiary/aromatic N) is 3. The lowest BCUT2D eigenvalue weighted by atomic mass is 10.1. The van der Waals surface area contributed by atoms with Gasteiger partial charge >= 0.3 is 11.7 Å². The number of amides is 1. The van der Waals surface area contributed by atoms with Crippen molar-refractivity contribution in [3.8, 4) is 0 Å². The Morgan fingerprint density at radius 3 is 2.55 bits per heavy atom. The number of carbonyl (C=O) groups is 2. The second-order valence-electron chi connectivity index (χ2n) is 7.39. The molecule has 11 heteroatoms. The van der Waals surface area contributed by atoms with Crippen LogP contribution >= 0.6 is 11.8 Å². The van der Waals surface area contributed by atoms with Crippen molar-refractivity contribution in [1.82, 2.24) is 19.4 Å². The summed E-state index contributed by atoms with van der Waals surface area (Å²) in [4.78, 5) is 54.0. The molecule has 0 saturated carbocycles. The normalized spacial score (nSPS) is 15.6. The Morgan fingerprint density at radius 1 is 1.15 bits per heavy atom. The van der Waals surface area contributed by atoms with Crippen LogP contribution in [0.3, 0.4) is 0 Å². The number of rotatable bonds is 7. The lowest BCUT2D eigenvalue weighted by molar-refractivity contribution is -0.144. The zero-order valence-corrected chi connectivity index (χ0v) is 18.6. The zero-order valence-electron chi connectivity index (χ0n) is 17.7. The number of benzene rings is 1. The lowest BCUT2D eigenvalue weighted by Crippen LogP contribution is -2.42. The molecule has 2 aromatic heterocycles. The highest BCUT2D eigenvalue weighted by molar-refractivity contribution is 8.15. The van der Waals surface area contributed by atoms with Gasteiger partial charge in [-0.3, -0.25) is 24.4 Å². The van der Waals surface area contributed by atoms with Crippen LogP contribution in [-0.2, 0) is 33.8 Å². The molecule has 3 aromatic rings. The highest BCUT2D eigenvalue weighted by atomic mass is 32.2. The Hall–Kier alpha value is -3.73. The van der Waals surface area contributed by atoms with E-state index in [0.29, 0.717) is 6.42 Å². The van der Waals surface area contributed by atoms with E-state index in [-0.39, 0.29) is 40.5 Å². The number of fused-ring (bicyclic) bond motifs is 1. The molecule has 4 rings (SSSR count). The molecule has 10 nitrogen and oxygen atoms in total. The van der Waals surface area contributed by atoms with E-state index in [1.807, 2.05) is 24.3 Å². The summed E-state index contributed by atoms with van der Waals surface area (Å²) in [6, 6.07) is 10.5. The molecule has 1 amide bonds. The molecule has 1 unspecified atom stereocenters. The number of pyridine rings is 1. The van der Waals surface area contributed by atoms with Gasteiger partial charge in [-0.1, -0.05) is 36.0 Å². The van der Waals surface area contributed by atoms with E-state index in [1.165, 1.54) is 22.5 Å². The zero-order chi connectivity index (χ0) is 23.5. The predicted molar refractivity (Wildman–Crippen MR) is 123 cm³/mol. The Balaban J connectivity index is 1.65. The summed E-state index contributed by atoms with van der Waals surface area (Å²) in [7, 11) is 0.